The summed E-state index contributed by atoms with van der Waals surface area (Å²) in [6, 6.07) is 0. The highest BCUT2D eigenvalue weighted by molar-refractivity contribution is 7.88. The molecule has 82 valence electrons. The number of piperidine rings is 1. The molecule has 2 rings (SSSR count). The molecule has 1 heterocycles. The van der Waals surface area contributed by atoms with Crippen LogP contribution in [0.4, 0.5) is 0 Å². The molecule has 0 aromatic rings. The van der Waals surface area contributed by atoms with Crippen LogP contribution in [0.5, 0.6) is 0 Å². The standard InChI is InChI=1S/C9H18N2O2S/c1-14(12,13)11-7-8-6-9(8)2-4-10-5-3-9/h8,10-11H,2-7H2,1H3/t8-/m0/s1. The van der Waals surface area contributed by atoms with Crippen LogP contribution in [0.25, 0.3) is 0 Å². The molecule has 4 nitrogen and oxygen atoms in total. The maximum Gasteiger partial charge on any atom is 0.208 e. The van der Waals surface area contributed by atoms with Gasteiger partial charge in [-0.15, -0.1) is 0 Å². The van der Waals surface area contributed by atoms with E-state index in [0.29, 0.717) is 17.9 Å². The van der Waals surface area contributed by atoms with E-state index in [9.17, 15) is 8.42 Å². The van der Waals surface area contributed by atoms with Gasteiger partial charge in [0.15, 0.2) is 0 Å². The van der Waals surface area contributed by atoms with Crippen molar-refractivity contribution in [2.24, 2.45) is 11.3 Å². The Morgan fingerprint density at radius 1 is 1.43 bits per heavy atom. The van der Waals surface area contributed by atoms with Gasteiger partial charge in [0.1, 0.15) is 0 Å². The number of hydrogen-bond donors (Lipinski definition) is 2. The Hall–Kier alpha value is -0.130. The molecule has 14 heavy (non-hydrogen) atoms. The van der Waals surface area contributed by atoms with Crippen LogP contribution in [-0.4, -0.2) is 34.3 Å². The van der Waals surface area contributed by atoms with E-state index in [1.165, 1.54) is 25.5 Å². The van der Waals surface area contributed by atoms with Crippen molar-refractivity contribution in [1.29, 1.82) is 0 Å². The third-order valence-corrected chi connectivity index (χ3v) is 4.24. The summed E-state index contributed by atoms with van der Waals surface area (Å²) in [5.41, 5.74) is 0.475. The highest BCUT2D eigenvalue weighted by atomic mass is 32.2. The van der Waals surface area contributed by atoms with Crippen molar-refractivity contribution in [3.8, 4) is 0 Å². The predicted molar refractivity (Wildman–Crippen MR) is 55.5 cm³/mol. The molecule has 1 aliphatic carbocycles. The van der Waals surface area contributed by atoms with Crippen LogP contribution in [-0.2, 0) is 10.0 Å². The lowest BCUT2D eigenvalue weighted by molar-refractivity contribution is 0.323. The van der Waals surface area contributed by atoms with Crippen molar-refractivity contribution < 1.29 is 8.42 Å². The molecule has 0 radical (unpaired) electrons. The summed E-state index contributed by atoms with van der Waals surface area (Å²) in [6.07, 6.45) is 4.86. The lowest BCUT2D eigenvalue weighted by atomic mass is 9.92. The third-order valence-electron chi connectivity index (χ3n) is 3.55. The average molecular weight is 218 g/mol. The normalized spacial score (nSPS) is 30.5. The minimum absolute atomic E-state index is 0.475. The molecule has 0 amide bonds. The lowest BCUT2D eigenvalue weighted by Crippen LogP contribution is -2.32. The number of nitrogens with one attached hydrogen (secondary N) is 2. The second-order valence-electron chi connectivity index (χ2n) is 4.63. The van der Waals surface area contributed by atoms with E-state index in [4.69, 9.17) is 0 Å². The Morgan fingerprint density at radius 2 is 2.07 bits per heavy atom. The first-order chi connectivity index (χ1) is 6.52. The van der Waals surface area contributed by atoms with Crippen molar-refractivity contribution in [1.82, 2.24) is 10.0 Å². The fourth-order valence-corrected chi connectivity index (χ4v) is 3.01. The van der Waals surface area contributed by atoms with Crippen LogP contribution in [0.2, 0.25) is 0 Å². The van der Waals surface area contributed by atoms with Gasteiger partial charge in [-0.2, -0.15) is 0 Å². The topological polar surface area (TPSA) is 58.2 Å². The van der Waals surface area contributed by atoms with Crippen molar-refractivity contribution in [2.45, 2.75) is 19.3 Å². The molecule has 2 N–H and O–H groups in total. The van der Waals surface area contributed by atoms with Crippen LogP contribution >= 0.6 is 0 Å². The average Bonchev–Trinajstić information content (AvgIpc) is 2.76. The molecule has 1 saturated heterocycles. The molecule has 5 heteroatoms. The molecule has 1 spiro atoms. The van der Waals surface area contributed by atoms with Gasteiger partial charge in [-0.05, 0) is 43.7 Å². The van der Waals surface area contributed by atoms with Gasteiger partial charge in [0.2, 0.25) is 10.0 Å². The van der Waals surface area contributed by atoms with E-state index in [-0.39, 0.29) is 0 Å². The maximum absolute atomic E-state index is 10.9. The molecule has 1 saturated carbocycles. The van der Waals surface area contributed by atoms with Crippen LogP contribution < -0.4 is 10.0 Å². The minimum atomic E-state index is -3.00. The van der Waals surface area contributed by atoms with Gasteiger partial charge in [0, 0.05) is 6.54 Å². The maximum atomic E-state index is 10.9. The van der Waals surface area contributed by atoms with Crippen LogP contribution in [0.3, 0.4) is 0 Å². The molecule has 2 fully saturated rings. The van der Waals surface area contributed by atoms with Crippen molar-refractivity contribution in [3.05, 3.63) is 0 Å². The molecular formula is C9H18N2O2S. The van der Waals surface area contributed by atoms with Gasteiger partial charge in [-0.1, -0.05) is 0 Å². The van der Waals surface area contributed by atoms with E-state index in [1.54, 1.807) is 0 Å². The Morgan fingerprint density at radius 3 is 2.64 bits per heavy atom. The zero-order chi connectivity index (χ0) is 10.2. The summed E-state index contributed by atoms with van der Waals surface area (Å²) in [5, 5.41) is 3.33. The number of hydrogen-bond acceptors (Lipinski definition) is 3. The second kappa shape index (κ2) is 3.47. The fourth-order valence-electron chi connectivity index (χ4n) is 2.51. The van der Waals surface area contributed by atoms with Crippen LogP contribution in [0, 0.1) is 11.3 Å². The molecule has 0 unspecified atom stereocenters. The van der Waals surface area contributed by atoms with E-state index < -0.39 is 10.0 Å². The van der Waals surface area contributed by atoms with Gasteiger partial charge in [-0.3, -0.25) is 0 Å². The van der Waals surface area contributed by atoms with Crippen molar-refractivity contribution >= 4 is 10.0 Å². The van der Waals surface area contributed by atoms with E-state index in [0.717, 1.165) is 13.1 Å². The van der Waals surface area contributed by atoms with Gasteiger partial charge < -0.3 is 5.32 Å². The Balaban J connectivity index is 1.80. The van der Waals surface area contributed by atoms with Crippen molar-refractivity contribution in [2.75, 3.05) is 25.9 Å². The summed E-state index contributed by atoms with van der Waals surface area (Å²) < 4.78 is 24.4. The van der Waals surface area contributed by atoms with Crippen LogP contribution in [0.1, 0.15) is 19.3 Å². The lowest BCUT2D eigenvalue weighted by Gasteiger charge is -2.23. The zero-order valence-electron chi connectivity index (χ0n) is 8.54. The van der Waals surface area contributed by atoms with Gasteiger partial charge in [-0.25, -0.2) is 13.1 Å². The molecule has 0 aromatic heterocycles. The highest BCUT2D eigenvalue weighted by Crippen LogP contribution is 2.58. The number of rotatable bonds is 3. The highest BCUT2D eigenvalue weighted by Gasteiger charge is 2.53. The summed E-state index contributed by atoms with van der Waals surface area (Å²) in [7, 11) is -3.00. The van der Waals surface area contributed by atoms with Gasteiger partial charge in [0.05, 0.1) is 6.26 Å². The molecule has 0 aromatic carbocycles. The smallest absolute Gasteiger partial charge is 0.208 e. The second-order valence-corrected chi connectivity index (χ2v) is 6.47. The summed E-state index contributed by atoms with van der Waals surface area (Å²) in [5.74, 6) is 0.583. The van der Waals surface area contributed by atoms with Crippen molar-refractivity contribution in [3.63, 3.8) is 0 Å². The molecular weight excluding hydrogens is 200 g/mol. The number of sulfonamides is 1. The largest absolute Gasteiger partial charge is 0.317 e. The Bertz CT molecular complexity index is 307. The third kappa shape index (κ3) is 2.27. The van der Waals surface area contributed by atoms with Crippen LogP contribution in [0.15, 0.2) is 0 Å². The van der Waals surface area contributed by atoms with E-state index in [2.05, 4.69) is 10.0 Å². The summed E-state index contributed by atoms with van der Waals surface area (Å²) in [4.78, 5) is 0. The van der Waals surface area contributed by atoms with Gasteiger partial charge >= 0.3 is 0 Å². The Labute approximate surface area is 85.5 Å². The van der Waals surface area contributed by atoms with E-state index >= 15 is 0 Å². The predicted octanol–water partition coefficient (Wildman–Crippen LogP) is -0.0747. The first-order valence-corrected chi connectivity index (χ1v) is 7.06. The Kier molecular flexibility index (Phi) is 2.57. The first kappa shape index (κ1) is 10.4. The first-order valence-electron chi connectivity index (χ1n) is 5.17. The van der Waals surface area contributed by atoms with Gasteiger partial charge in [0.25, 0.3) is 0 Å². The van der Waals surface area contributed by atoms with E-state index in [1.807, 2.05) is 0 Å². The fraction of sp³-hybridized carbons (Fsp3) is 1.00. The quantitative estimate of drug-likeness (QED) is 0.697. The summed E-state index contributed by atoms with van der Waals surface area (Å²) in [6.45, 7) is 2.82. The molecule has 0 bridgehead atoms. The molecule has 1 aliphatic heterocycles. The zero-order valence-corrected chi connectivity index (χ0v) is 9.36. The minimum Gasteiger partial charge on any atom is -0.317 e. The molecule has 2 aliphatic rings. The monoisotopic (exact) mass is 218 g/mol. The summed E-state index contributed by atoms with van der Waals surface area (Å²) >= 11 is 0. The molecule has 1 atom stereocenters. The SMILES string of the molecule is CS(=O)(=O)NC[C@@H]1CC12CCNCC2.